The Bertz CT molecular complexity index is 695. The summed E-state index contributed by atoms with van der Waals surface area (Å²) in [6.45, 7) is 7.68. The van der Waals surface area contributed by atoms with Gasteiger partial charge in [0.1, 0.15) is 5.69 Å². The lowest BCUT2D eigenvalue weighted by Gasteiger charge is -2.32. The van der Waals surface area contributed by atoms with E-state index in [1.165, 1.54) is 17.8 Å². The SMILES string of the molecule is CC(Nc1ccc(CCN2CCN(C)CC2)cc1)c1ccc(C(F)F)nc1. The lowest BCUT2D eigenvalue weighted by molar-refractivity contribution is 0.146. The standard InChI is InChI=1S/C21H28F2N4/c1-16(18-5-8-20(21(22)23)24-15-18)25-19-6-3-17(4-7-19)9-10-27-13-11-26(2)12-14-27/h3-8,15-16,21,25H,9-14H2,1-2H3. The lowest BCUT2D eigenvalue weighted by Crippen LogP contribution is -2.45. The van der Waals surface area contributed by atoms with E-state index in [2.05, 4.69) is 51.4 Å². The van der Waals surface area contributed by atoms with Crippen LogP contribution >= 0.6 is 0 Å². The summed E-state index contributed by atoms with van der Waals surface area (Å²) in [6.07, 6.45) is 0.0444. The van der Waals surface area contributed by atoms with Crippen LogP contribution in [0.25, 0.3) is 0 Å². The third kappa shape index (κ3) is 5.71. The summed E-state index contributed by atoms with van der Waals surface area (Å²) in [5.74, 6) is 0. The largest absolute Gasteiger partial charge is 0.378 e. The van der Waals surface area contributed by atoms with Crippen LogP contribution in [0.4, 0.5) is 14.5 Å². The van der Waals surface area contributed by atoms with Crippen molar-refractivity contribution in [1.82, 2.24) is 14.8 Å². The molecule has 0 saturated carbocycles. The van der Waals surface area contributed by atoms with E-state index in [1.807, 2.05) is 6.92 Å². The van der Waals surface area contributed by atoms with E-state index in [-0.39, 0.29) is 11.7 Å². The molecule has 1 fully saturated rings. The van der Waals surface area contributed by atoms with E-state index in [9.17, 15) is 8.78 Å². The first-order chi connectivity index (χ1) is 13.0. The predicted molar refractivity (Wildman–Crippen MR) is 105 cm³/mol. The van der Waals surface area contributed by atoms with Crippen molar-refractivity contribution in [2.75, 3.05) is 45.1 Å². The number of nitrogens with one attached hydrogen (secondary N) is 1. The zero-order valence-corrected chi connectivity index (χ0v) is 16.0. The minimum Gasteiger partial charge on any atom is -0.378 e. The van der Waals surface area contributed by atoms with Crippen LogP contribution in [0, 0.1) is 0 Å². The van der Waals surface area contributed by atoms with Gasteiger partial charge in [-0.2, -0.15) is 0 Å². The van der Waals surface area contributed by atoms with Gasteiger partial charge < -0.3 is 15.1 Å². The van der Waals surface area contributed by atoms with Crippen molar-refractivity contribution < 1.29 is 8.78 Å². The molecule has 0 amide bonds. The highest BCUT2D eigenvalue weighted by Crippen LogP contribution is 2.22. The third-order valence-electron chi connectivity index (χ3n) is 5.18. The monoisotopic (exact) mass is 374 g/mol. The fourth-order valence-corrected chi connectivity index (χ4v) is 3.26. The molecule has 1 unspecified atom stereocenters. The van der Waals surface area contributed by atoms with Crippen LogP contribution in [0.5, 0.6) is 0 Å². The molecule has 1 atom stereocenters. The molecule has 27 heavy (non-hydrogen) atoms. The Kier molecular flexibility index (Phi) is 6.74. The Morgan fingerprint density at radius 3 is 2.33 bits per heavy atom. The molecule has 1 aliphatic heterocycles. The molecule has 4 nitrogen and oxygen atoms in total. The zero-order chi connectivity index (χ0) is 19.2. The van der Waals surface area contributed by atoms with Crippen molar-refractivity contribution in [2.45, 2.75) is 25.8 Å². The molecular formula is C21H28F2N4. The smallest absolute Gasteiger partial charge is 0.280 e. The van der Waals surface area contributed by atoms with Gasteiger partial charge in [0, 0.05) is 44.6 Å². The van der Waals surface area contributed by atoms with E-state index >= 15 is 0 Å². The number of halogens is 2. The van der Waals surface area contributed by atoms with Gasteiger partial charge in [0.25, 0.3) is 6.43 Å². The number of hydrogen-bond donors (Lipinski definition) is 1. The normalized spacial score (nSPS) is 17.2. The van der Waals surface area contributed by atoms with Gasteiger partial charge in [-0.3, -0.25) is 4.98 Å². The average Bonchev–Trinajstić information content (AvgIpc) is 2.68. The molecule has 1 N–H and O–H groups in total. The van der Waals surface area contributed by atoms with Gasteiger partial charge in [0.15, 0.2) is 0 Å². The third-order valence-corrected chi connectivity index (χ3v) is 5.18. The molecule has 0 spiro atoms. The van der Waals surface area contributed by atoms with Crippen molar-refractivity contribution in [3.05, 3.63) is 59.4 Å². The van der Waals surface area contributed by atoms with Crippen LogP contribution in [0.15, 0.2) is 42.6 Å². The number of likely N-dealkylation sites (N-methyl/N-ethyl adjacent to an activating group) is 1. The quantitative estimate of drug-likeness (QED) is 0.794. The van der Waals surface area contributed by atoms with Crippen molar-refractivity contribution in [3.63, 3.8) is 0 Å². The maximum atomic E-state index is 12.6. The van der Waals surface area contributed by atoms with Crippen LogP contribution in [-0.4, -0.2) is 54.6 Å². The van der Waals surface area contributed by atoms with E-state index in [0.29, 0.717) is 0 Å². The number of hydrogen-bond acceptors (Lipinski definition) is 4. The highest BCUT2D eigenvalue weighted by atomic mass is 19.3. The minimum atomic E-state index is -2.53. The van der Waals surface area contributed by atoms with E-state index < -0.39 is 6.43 Å². The van der Waals surface area contributed by atoms with E-state index in [1.54, 1.807) is 6.07 Å². The van der Waals surface area contributed by atoms with Crippen molar-refractivity contribution in [2.24, 2.45) is 0 Å². The Balaban J connectivity index is 1.49. The molecule has 1 saturated heterocycles. The number of alkyl halides is 2. The number of aromatic nitrogens is 1. The first kappa shape index (κ1) is 19.7. The second-order valence-electron chi connectivity index (χ2n) is 7.27. The molecule has 0 aliphatic carbocycles. The summed E-state index contributed by atoms with van der Waals surface area (Å²) in [5.41, 5.74) is 3.05. The van der Waals surface area contributed by atoms with Gasteiger partial charge in [-0.05, 0) is 49.7 Å². The first-order valence-corrected chi connectivity index (χ1v) is 9.51. The lowest BCUT2D eigenvalue weighted by atomic mass is 10.1. The molecule has 2 heterocycles. The second kappa shape index (κ2) is 9.24. The average molecular weight is 374 g/mol. The van der Waals surface area contributed by atoms with Crippen LogP contribution in [-0.2, 0) is 6.42 Å². The molecule has 0 bridgehead atoms. The highest BCUT2D eigenvalue weighted by Gasteiger charge is 2.13. The highest BCUT2D eigenvalue weighted by molar-refractivity contribution is 5.46. The molecular weight excluding hydrogens is 346 g/mol. The van der Waals surface area contributed by atoms with Gasteiger partial charge in [-0.25, -0.2) is 8.78 Å². The maximum absolute atomic E-state index is 12.6. The summed E-state index contributed by atoms with van der Waals surface area (Å²) in [7, 11) is 2.17. The van der Waals surface area contributed by atoms with Gasteiger partial charge >= 0.3 is 0 Å². The van der Waals surface area contributed by atoms with Gasteiger partial charge in [0.2, 0.25) is 0 Å². The Hall–Kier alpha value is -2.05. The fraction of sp³-hybridized carbons (Fsp3) is 0.476. The molecule has 2 aromatic rings. The molecule has 1 aromatic carbocycles. The first-order valence-electron chi connectivity index (χ1n) is 9.51. The Morgan fingerprint density at radius 2 is 1.74 bits per heavy atom. The summed E-state index contributed by atoms with van der Waals surface area (Å²) in [5, 5.41) is 3.40. The van der Waals surface area contributed by atoms with Gasteiger partial charge in [-0.1, -0.05) is 18.2 Å². The second-order valence-corrected chi connectivity index (χ2v) is 7.27. The van der Waals surface area contributed by atoms with Crippen molar-refractivity contribution >= 4 is 5.69 Å². The van der Waals surface area contributed by atoms with Crippen LogP contribution < -0.4 is 5.32 Å². The molecule has 1 aliphatic rings. The molecule has 146 valence electrons. The Labute approximate surface area is 160 Å². The number of rotatable bonds is 7. The van der Waals surface area contributed by atoms with E-state index in [0.717, 1.165) is 50.4 Å². The summed E-state index contributed by atoms with van der Waals surface area (Å²) in [6, 6.07) is 11.6. The Morgan fingerprint density at radius 1 is 1.04 bits per heavy atom. The molecule has 3 rings (SSSR count). The zero-order valence-electron chi connectivity index (χ0n) is 16.0. The molecule has 6 heteroatoms. The van der Waals surface area contributed by atoms with Crippen molar-refractivity contribution in [3.8, 4) is 0 Å². The number of pyridine rings is 1. The minimum absolute atomic E-state index is 0.000382. The number of nitrogens with zero attached hydrogens (tertiary/aromatic N) is 3. The molecule has 0 radical (unpaired) electrons. The summed E-state index contributed by atoms with van der Waals surface area (Å²) in [4.78, 5) is 8.72. The number of anilines is 1. The van der Waals surface area contributed by atoms with Gasteiger partial charge in [0.05, 0.1) is 6.04 Å². The van der Waals surface area contributed by atoms with Crippen LogP contribution in [0.3, 0.4) is 0 Å². The predicted octanol–water partition coefficient (Wildman–Crippen LogP) is 3.98. The van der Waals surface area contributed by atoms with Gasteiger partial charge in [-0.15, -0.1) is 0 Å². The van der Waals surface area contributed by atoms with Crippen LogP contribution in [0.1, 0.15) is 36.2 Å². The summed E-state index contributed by atoms with van der Waals surface area (Å²) < 4.78 is 25.2. The maximum Gasteiger partial charge on any atom is 0.280 e. The number of benzene rings is 1. The number of piperazine rings is 1. The van der Waals surface area contributed by atoms with Crippen molar-refractivity contribution in [1.29, 1.82) is 0 Å². The summed E-state index contributed by atoms with van der Waals surface area (Å²) >= 11 is 0. The topological polar surface area (TPSA) is 31.4 Å². The van der Waals surface area contributed by atoms with E-state index in [4.69, 9.17) is 0 Å². The molecule has 1 aromatic heterocycles. The van der Waals surface area contributed by atoms with Crippen LogP contribution in [0.2, 0.25) is 0 Å². The fourth-order valence-electron chi connectivity index (χ4n) is 3.26.